The minimum atomic E-state index is -0.619. The molecular formula is C24H26ClFN4O4. The quantitative estimate of drug-likeness (QED) is 0.427. The van der Waals surface area contributed by atoms with Crippen LogP contribution in [-0.2, 0) is 22.7 Å². The van der Waals surface area contributed by atoms with E-state index >= 15 is 0 Å². The molecule has 0 aliphatic carbocycles. The maximum absolute atomic E-state index is 13.4. The van der Waals surface area contributed by atoms with E-state index in [-0.39, 0.29) is 29.7 Å². The number of amides is 2. The van der Waals surface area contributed by atoms with Gasteiger partial charge < -0.3 is 10.6 Å². The first-order chi connectivity index (χ1) is 16.3. The summed E-state index contributed by atoms with van der Waals surface area (Å²) in [6.07, 6.45) is 2.12. The van der Waals surface area contributed by atoms with Gasteiger partial charge >= 0.3 is 5.69 Å². The Morgan fingerprint density at radius 2 is 1.79 bits per heavy atom. The minimum Gasteiger partial charge on any atom is -0.356 e. The highest BCUT2D eigenvalue weighted by atomic mass is 35.5. The molecular weight excluding hydrogens is 463 g/mol. The van der Waals surface area contributed by atoms with E-state index in [1.807, 2.05) is 6.92 Å². The fraction of sp³-hybridized carbons (Fsp3) is 0.333. The van der Waals surface area contributed by atoms with E-state index in [0.29, 0.717) is 36.7 Å². The van der Waals surface area contributed by atoms with E-state index in [4.69, 9.17) is 11.6 Å². The number of aromatic nitrogens is 2. The number of unbranched alkanes of at least 4 members (excludes halogenated alkanes) is 1. The molecule has 2 N–H and O–H groups in total. The molecule has 1 aromatic heterocycles. The fourth-order valence-corrected chi connectivity index (χ4v) is 3.73. The van der Waals surface area contributed by atoms with E-state index < -0.39 is 23.0 Å². The Bertz CT molecular complexity index is 1320. The number of hydrogen-bond acceptors (Lipinski definition) is 4. The van der Waals surface area contributed by atoms with Crippen LogP contribution in [0, 0.1) is 5.82 Å². The third-order valence-corrected chi connectivity index (χ3v) is 5.53. The zero-order valence-corrected chi connectivity index (χ0v) is 19.5. The number of nitrogens with one attached hydrogen (secondary N) is 2. The summed E-state index contributed by atoms with van der Waals surface area (Å²) in [6, 6.07) is 10.3. The average Bonchev–Trinajstić information content (AvgIpc) is 2.82. The van der Waals surface area contributed by atoms with Gasteiger partial charge in [0.15, 0.2) is 0 Å². The van der Waals surface area contributed by atoms with Gasteiger partial charge in [0.1, 0.15) is 12.4 Å². The summed E-state index contributed by atoms with van der Waals surface area (Å²) >= 11 is 5.76. The molecule has 0 aliphatic heterocycles. The van der Waals surface area contributed by atoms with Crippen molar-refractivity contribution in [3.8, 4) is 0 Å². The van der Waals surface area contributed by atoms with Crippen LogP contribution in [0.1, 0.15) is 32.6 Å². The van der Waals surface area contributed by atoms with Gasteiger partial charge in [-0.05, 0) is 49.6 Å². The standard InChI is InChI=1S/C24H26ClFN4O4/c1-2-12-27-21(31)9-5-6-13-29-23(33)17-7-3-4-8-20(17)30(24(29)34)15-22(32)28-16-10-11-19(26)18(25)14-16/h3-4,7-8,10-11,14H,2,5-6,9,12-13,15H2,1H3,(H,27,31)(H,28,32). The van der Waals surface area contributed by atoms with Crippen LogP contribution in [0.3, 0.4) is 0 Å². The normalized spacial score (nSPS) is 10.9. The smallest absolute Gasteiger partial charge is 0.331 e. The molecule has 180 valence electrons. The zero-order valence-electron chi connectivity index (χ0n) is 18.8. The summed E-state index contributed by atoms with van der Waals surface area (Å²) in [6.45, 7) is 2.35. The van der Waals surface area contributed by atoms with E-state index in [9.17, 15) is 23.6 Å². The summed E-state index contributed by atoms with van der Waals surface area (Å²) in [5.74, 6) is -1.22. The number of carbonyl (C=O) groups is 2. The molecule has 3 aromatic rings. The highest BCUT2D eigenvalue weighted by Gasteiger charge is 2.16. The molecule has 0 atom stereocenters. The number of hydrogen-bond donors (Lipinski definition) is 2. The average molecular weight is 489 g/mol. The summed E-state index contributed by atoms with van der Waals surface area (Å²) in [4.78, 5) is 50.5. The molecule has 8 nitrogen and oxygen atoms in total. The summed E-state index contributed by atoms with van der Waals surface area (Å²) in [7, 11) is 0. The molecule has 0 saturated carbocycles. The lowest BCUT2D eigenvalue weighted by Crippen LogP contribution is -2.41. The molecule has 0 bridgehead atoms. The molecule has 2 aromatic carbocycles. The fourth-order valence-electron chi connectivity index (χ4n) is 3.55. The van der Waals surface area contributed by atoms with Gasteiger partial charge in [0.25, 0.3) is 5.56 Å². The summed E-state index contributed by atoms with van der Waals surface area (Å²) < 4.78 is 15.7. The van der Waals surface area contributed by atoms with Crippen molar-refractivity contribution in [1.82, 2.24) is 14.5 Å². The van der Waals surface area contributed by atoms with Crippen LogP contribution in [-0.4, -0.2) is 27.5 Å². The molecule has 2 amide bonds. The predicted molar refractivity (Wildman–Crippen MR) is 130 cm³/mol. The number of nitrogens with zero attached hydrogens (tertiary/aromatic N) is 2. The molecule has 0 saturated heterocycles. The van der Waals surface area contributed by atoms with Gasteiger partial charge in [-0.3, -0.25) is 23.5 Å². The summed E-state index contributed by atoms with van der Waals surface area (Å²) in [5.41, 5.74) is -0.451. The van der Waals surface area contributed by atoms with Crippen molar-refractivity contribution >= 4 is 40.0 Å². The number of halogens is 2. The molecule has 0 aliphatic rings. The lowest BCUT2D eigenvalue weighted by molar-refractivity contribution is -0.121. The molecule has 3 rings (SSSR count). The molecule has 0 fully saturated rings. The van der Waals surface area contributed by atoms with Crippen LogP contribution in [0.2, 0.25) is 5.02 Å². The van der Waals surface area contributed by atoms with Crippen LogP contribution in [0.4, 0.5) is 10.1 Å². The maximum atomic E-state index is 13.4. The number of carbonyl (C=O) groups excluding carboxylic acids is 2. The first-order valence-electron chi connectivity index (χ1n) is 11.1. The van der Waals surface area contributed by atoms with Gasteiger partial charge in [0.05, 0.1) is 15.9 Å². The molecule has 10 heteroatoms. The molecule has 1 heterocycles. The van der Waals surface area contributed by atoms with Crippen LogP contribution in [0.15, 0.2) is 52.1 Å². The summed E-state index contributed by atoms with van der Waals surface area (Å²) in [5, 5.41) is 5.54. The number of para-hydroxylation sites is 1. The first kappa shape index (κ1) is 25.2. The van der Waals surface area contributed by atoms with Crippen LogP contribution in [0.5, 0.6) is 0 Å². The van der Waals surface area contributed by atoms with E-state index in [0.717, 1.165) is 17.1 Å². The van der Waals surface area contributed by atoms with Crippen molar-refractivity contribution < 1.29 is 14.0 Å². The van der Waals surface area contributed by atoms with E-state index in [2.05, 4.69) is 10.6 Å². The Morgan fingerprint density at radius 1 is 1.03 bits per heavy atom. The van der Waals surface area contributed by atoms with Crippen LogP contribution >= 0.6 is 11.6 Å². The lowest BCUT2D eigenvalue weighted by atomic mass is 10.2. The third kappa shape index (κ3) is 6.11. The van der Waals surface area contributed by atoms with Crippen molar-refractivity contribution in [2.24, 2.45) is 0 Å². The molecule has 0 spiro atoms. The lowest BCUT2D eigenvalue weighted by Gasteiger charge is -2.14. The second-order valence-corrected chi connectivity index (χ2v) is 8.23. The van der Waals surface area contributed by atoms with Gasteiger partial charge in [0, 0.05) is 25.2 Å². The van der Waals surface area contributed by atoms with Crippen molar-refractivity contribution in [2.45, 2.75) is 45.7 Å². The molecule has 34 heavy (non-hydrogen) atoms. The van der Waals surface area contributed by atoms with E-state index in [1.165, 1.54) is 16.7 Å². The van der Waals surface area contributed by atoms with Crippen molar-refractivity contribution in [1.29, 1.82) is 0 Å². The number of anilines is 1. The Morgan fingerprint density at radius 3 is 2.53 bits per heavy atom. The monoisotopic (exact) mass is 488 g/mol. The number of fused-ring (bicyclic) bond motifs is 1. The van der Waals surface area contributed by atoms with Crippen LogP contribution in [0.25, 0.3) is 10.9 Å². The van der Waals surface area contributed by atoms with Crippen molar-refractivity contribution in [3.05, 3.63) is 74.1 Å². The van der Waals surface area contributed by atoms with Gasteiger partial charge in [-0.15, -0.1) is 0 Å². The van der Waals surface area contributed by atoms with Gasteiger partial charge in [-0.2, -0.15) is 0 Å². The zero-order chi connectivity index (χ0) is 24.7. The Hall–Kier alpha value is -3.46. The predicted octanol–water partition coefficient (Wildman–Crippen LogP) is 3.29. The largest absolute Gasteiger partial charge is 0.356 e. The highest BCUT2D eigenvalue weighted by molar-refractivity contribution is 6.31. The minimum absolute atomic E-state index is 0.0670. The molecule has 0 radical (unpaired) electrons. The van der Waals surface area contributed by atoms with E-state index in [1.54, 1.807) is 24.3 Å². The third-order valence-electron chi connectivity index (χ3n) is 5.25. The topological polar surface area (TPSA) is 102 Å². The highest BCUT2D eigenvalue weighted by Crippen LogP contribution is 2.19. The second-order valence-electron chi connectivity index (χ2n) is 7.83. The Balaban J connectivity index is 1.81. The number of benzene rings is 2. The molecule has 0 unspecified atom stereocenters. The van der Waals surface area contributed by atoms with Crippen molar-refractivity contribution in [2.75, 3.05) is 11.9 Å². The van der Waals surface area contributed by atoms with Crippen molar-refractivity contribution in [3.63, 3.8) is 0 Å². The maximum Gasteiger partial charge on any atom is 0.331 e. The first-order valence-corrected chi connectivity index (χ1v) is 11.4. The van der Waals surface area contributed by atoms with Gasteiger partial charge in [-0.25, -0.2) is 9.18 Å². The number of rotatable bonds is 10. The van der Waals surface area contributed by atoms with Gasteiger partial charge in [-0.1, -0.05) is 30.7 Å². The SMILES string of the molecule is CCCNC(=O)CCCCn1c(=O)c2ccccc2n(CC(=O)Nc2ccc(F)c(Cl)c2)c1=O. The second kappa shape index (κ2) is 11.6. The Kier molecular flexibility index (Phi) is 8.59. The van der Waals surface area contributed by atoms with Gasteiger partial charge in [0.2, 0.25) is 11.8 Å². The van der Waals surface area contributed by atoms with Crippen LogP contribution < -0.4 is 21.9 Å². The Labute approximate surface area is 200 Å².